The third-order valence-corrected chi connectivity index (χ3v) is 7.02. The molecule has 0 unspecified atom stereocenters. The monoisotopic (exact) mass is 381 g/mol. The van der Waals surface area contributed by atoms with Crippen molar-refractivity contribution < 1.29 is 8.42 Å². The van der Waals surface area contributed by atoms with Crippen LogP contribution in [0.25, 0.3) is 10.9 Å². The van der Waals surface area contributed by atoms with Crippen LogP contribution in [0, 0.1) is 13.8 Å². The van der Waals surface area contributed by atoms with Gasteiger partial charge >= 0.3 is 0 Å². The van der Waals surface area contributed by atoms with Crippen molar-refractivity contribution >= 4 is 26.7 Å². The SMILES string of the molecule is Cc1ccc2c(C)cc(N3CCN(S(=O)(=O)c4ccccc4)CC3)nc2c1. The number of anilines is 1. The van der Waals surface area contributed by atoms with E-state index >= 15 is 0 Å². The van der Waals surface area contributed by atoms with Crippen molar-refractivity contribution in [3.05, 3.63) is 65.7 Å². The van der Waals surface area contributed by atoms with Crippen LogP contribution in [0.3, 0.4) is 0 Å². The van der Waals surface area contributed by atoms with Crippen LogP contribution in [-0.4, -0.2) is 43.9 Å². The molecule has 2 heterocycles. The summed E-state index contributed by atoms with van der Waals surface area (Å²) < 4.78 is 27.1. The van der Waals surface area contributed by atoms with Crippen molar-refractivity contribution in [2.75, 3.05) is 31.1 Å². The number of rotatable bonds is 3. The van der Waals surface area contributed by atoms with E-state index in [2.05, 4.69) is 43.0 Å². The number of hydrogen-bond acceptors (Lipinski definition) is 4. The first-order chi connectivity index (χ1) is 12.9. The number of benzene rings is 2. The van der Waals surface area contributed by atoms with E-state index in [1.54, 1.807) is 28.6 Å². The van der Waals surface area contributed by atoms with E-state index in [1.807, 2.05) is 6.07 Å². The van der Waals surface area contributed by atoms with Gasteiger partial charge in [-0.25, -0.2) is 13.4 Å². The van der Waals surface area contributed by atoms with Gasteiger partial charge in [0.2, 0.25) is 10.0 Å². The number of nitrogens with zero attached hydrogens (tertiary/aromatic N) is 3. The van der Waals surface area contributed by atoms with Crippen LogP contribution >= 0.6 is 0 Å². The van der Waals surface area contributed by atoms with Crippen molar-refractivity contribution in [2.24, 2.45) is 0 Å². The van der Waals surface area contributed by atoms with Crippen LogP contribution in [0.2, 0.25) is 0 Å². The highest BCUT2D eigenvalue weighted by molar-refractivity contribution is 7.89. The number of hydrogen-bond donors (Lipinski definition) is 0. The summed E-state index contributed by atoms with van der Waals surface area (Å²) in [6, 6.07) is 17.1. The second-order valence-electron chi connectivity index (χ2n) is 7.02. The minimum absolute atomic E-state index is 0.355. The van der Waals surface area contributed by atoms with E-state index < -0.39 is 10.0 Å². The molecule has 27 heavy (non-hydrogen) atoms. The average molecular weight is 382 g/mol. The molecule has 0 saturated carbocycles. The molecule has 3 aromatic rings. The number of aryl methyl sites for hydroxylation is 2. The molecule has 0 N–H and O–H groups in total. The predicted molar refractivity (Wildman–Crippen MR) is 109 cm³/mol. The van der Waals surface area contributed by atoms with Gasteiger partial charge in [-0.05, 0) is 49.2 Å². The number of piperazine rings is 1. The van der Waals surface area contributed by atoms with Crippen molar-refractivity contribution in [1.82, 2.24) is 9.29 Å². The number of aromatic nitrogens is 1. The summed E-state index contributed by atoms with van der Waals surface area (Å²) in [5.41, 5.74) is 3.36. The molecular weight excluding hydrogens is 358 g/mol. The first-order valence-electron chi connectivity index (χ1n) is 9.13. The molecule has 2 aromatic carbocycles. The molecule has 0 atom stereocenters. The van der Waals surface area contributed by atoms with Gasteiger partial charge in [0.25, 0.3) is 0 Å². The Bertz CT molecular complexity index is 1070. The second-order valence-corrected chi connectivity index (χ2v) is 8.96. The largest absolute Gasteiger partial charge is 0.354 e. The lowest BCUT2D eigenvalue weighted by Crippen LogP contribution is -2.48. The number of pyridine rings is 1. The zero-order valence-corrected chi connectivity index (χ0v) is 16.4. The van der Waals surface area contributed by atoms with Crippen molar-refractivity contribution in [3.63, 3.8) is 0 Å². The smallest absolute Gasteiger partial charge is 0.243 e. The lowest BCUT2D eigenvalue weighted by atomic mass is 10.1. The van der Waals surface area contributed by atoms with Gasteiger partial charge in [0, 0.05) is 31.6 Å². The molecule has 1 fully saturated rings. The highest BCUT2D eigenvalue weighted by Crippen LogP contribution is 2.25. The van der Waals surface area contributed by atoms with E-state index in [0.717, 1.165) is 16.7 Å². The Hall–Kier alpha value is -2.44. The first kappa shape index (κ1) is 17.9. The fourth-order valence-corrected chi connectivity index (χ4v) is 5.00. The zero-order valence-electron chi connectivity index (χ0n) is 15.6. The van der Waals surface area contributed by atoms with E-state index in [4.69, 9.17) is 4.98 Å². The van der Waals surface area contributed by atoms with Gasteiger partial charge < -0.3 is 4.90 Å². The molecule has 0 spiro atoms. The lowest BCUT2D eigenvalue weighted by Gasteiger charge is -2.35. The van der Waals surface area contributed by atoms with Crippen LogP contribution < -0.4 is 4.90 Å². The molecule has 0 aliphatic carbocycles. The Balaban J connectivity index is 1.55. The second kappa shape index (κ2) is 6.94. The predicted octanol–water partition coefficient (Wildman–Crippen LogP) is 3.36. The highest BCUT2D eigenvalue weighted by Gasteiger charge is 2.28. The minimum Gasteiger partial charge on any atom is -0.354 e. The molecule has 0 amide bonds. The average Bonchev–Trinajstić information content (AvgIpc) is 2.68. The highest BCUT2D eigenvalue weighted by atomic mass is 32.2. The number of fused-ring (bicyclic) bond motifs is 1. The Kier molecular flexibility index (Phi) is 4.61. The normalized spacial score (nSPS) is 16.0. The van der Waals surface area contributed by atoms with E-state index in [-0.39, 0.29) is 0 Å². The molecule has 4 rings (SSSR count). The molecule has 0 radical (unpaired) electrons. The molecule has 140 valence electrons. The summed E-state index contributed by atoms with van der Waals surface area (Å²) >= 11 is 0. The standard InChI is InChI=1S/C21H23N3O2S/c1-16-8-9-19-17(2)15-21(22-20(19)14-16)23-10-12-24(13-11-23)27(25,26)18-6-4-3-5-7-18/h3-9,14-15H,10-13H2,1-2H3. The molecule has 6 heteroatoms. The fraction of sp³-hybridized carbons (Fsp3) is 0.286. The van der Waals surface area contributed by atoms with Crippen molar-refractivity contribution in [2.45, 2.75) is 18.7 Å². The quantitative estimate of drug-likeness (QED) is 0.698. The zero-order chi connectivity index (χ0) is 19.0. The van der Waals surface area contributed by atoms with Crippen LogP contribution in [0.15, 0.2) is 59.5 Å². The molecule has 1 aromatic heterocycles. The lowest BCUT2D eigenvalue weighted by molar-refractivity contribution is 0.384. The molecule has 1 saturated heterocycles. The first-order valence-corrected chi connectivity index (χ1v) is 10.6. The van der Waals surface area contributed by atoms with Gasteiger partial charge in [0.1, 0.15) is 5.82 Å². The number of sulfonamides is 1. The van der Waals surface area contributed by atoms with Gasteiger partial charge in [0.15, 0.2) is 0 Å². The Morgan fingerprint density at radius 2 is 1.59 bits per heavy atom. The molecule has 0 bridgehead atoms. The molecule has 1 aliphatic rings. The Morgan fingerprint density at radius 1 is 0.889 bits per heavy atom. The maximum atomic E-state index is 12.8. The maximum absolute atomic E-state index is 12.8. The minimum atomic E-state index is -3.43. The molecule has 1 aliphatic heterocycles. The van der Waals surface area contributed by atoms with Gasteiger partial charge in [-0.15, -0.1) is 0 Å². The van der Waals surface area contributed by atoms with Gasteiger partial charge in [0.05, 0.1) is 10.4 Å². The molecular formula is C21H23N3O2S. The van der Waals surface area contributed by atoms with E-state index in [9.17, 15) is 8.42 Å². The van der Waals surface area contributed by atoms with Crippen molar-refractivity contribution in [1.29, 1.82) is 0 Å². The summed E-state index contributed by atoms with van der Waals surface area (Å²) in [5, 5.41) is 1.16. The van der Waals surface area contributed by atoms with Crippen LogP contribution in [0.4, 0.5) is 5.82 Å². The van der Waals surface area contributed by atoms with Gasteiger partial charge in [-0.1, -0.05) is 30.3 Å². The molecule has 5 nitrogen and oxygen atoms in total. The third kappa shape index (κ3) is 3.42. The van der Waals surface area contributed by atoms with E-state index in [1.165, 1.54) is 11.1 Å². The van der Waals surface area contributed by atoms with Crippen LogP contribution in [-0.2, 0) is 10.0 Å². The van der Waals surface area contributed by atoms with Gasteiger partial charge in [-0.2, -0.15) is 4.31 Å². The summed E-state index contributed by atoms with van der Waals surface area (Å²) in [5.74, 6) is 0.919. The fourth-order valence-electron chi connectivity index (χ4n) is 3.56. The third-order valence-electron chi connectivity index (χ3n) is 5.10. The van der Waals surface area contributed by atoms with Crippen LogP contribution in [0.5, 0.6) is 0 Å². The summed E-state index contributed by atoms with van der Waals surface area (Å²) in [6.07, 6.45) is 0. The Labute approximate surface area is 160 Å². The van der Waals surface area contributed by atoms with Gasteiger partial charge in [-0.3, -0.25) is 0 Å². The topological polar surface area (TPSA) is 53.5 Å². The summed E-state index contributed by atoms with van der Waals surface area (Å²) in [7, 11) is -3.43. The van der Waals surface area contributed by atoms with Crippen molar-refractivity contribution in [3.8, 4) is 0 Å². The van der Waals surface area contributed by atoms with E-state index in [0.29, 0.717) is 31.1 Å². The Morgan fingerprint density at radius 3 is 2.30 bits per heavy atom. The summed E-state index contributed by atoms with van der Waals surface area (Å²) in [6.45, 7) is 6.36. The maximum Gasteiger partial charge on any atom is 0.243 e. The summed E-state index contributed by atoms with van der Waals surface area (Å²) in [4.78, 5) is 7.35. The van der Waals surface area contributed by atoms with Crippen LogP contribution in [0.1, 0.15) is 11.1 Å².